The maximum atomic E-state index is 15.7. The molecule has 1 atom stereocenters. The molecule has 5 rings (SSSR count). The van der Waals surface area contributed by atoms with Crippen molar-refractivity contribution in [2.75, 3.05) is 34.3 Å². The topological polar surface area (TPSA) is 89.0 Å². The van der Waals surface area contributed by atoms with E-state index in [0.717, 1.165) is 17.0 Å². The number of carbonyl (C=O) groups excluding carboxylic acids is 1. The molecule has 2 aliphatic rings. The molecule has 0 bridgehead atoms. The number of amides is 3. The Bertz CT molecular complexity index is 1400. The second kappa shape index (κ2) is 9.68. The van der Waals surface area contributed by atoms with Gasteiger partial charge >= 0.3 is 12.1 Å². The minimum absolute atomic E-state index is 0.172. The van der Waals surface area contributed by atoms with Crippen molar-refractivity contribution in [2.24, 2.45) is 0 Å². The summed E-state index contributed by atoms with van der Waals surface area (Å²) >= 11 is 12.5. The summed E-state index contributed by atoms with van der Waals surface area (Å²) in [7, 11) is 0. The van der Waals surface area contributed by atoms with Gasteiger partial charge in [0, 0.05) is 47.7 Å². The summed E-state index contributed by atoms with van der Waals surface area (Å²) in [6.45, 7) is 2.57. The number of rotatable bonds is 4. The van der Waals surface area contributed by atoms with Crippen LogP contribution in [0.5, 0.6) is 0 Å². The molecule has 3 heterocycles. The van der Waals surface area contributed by atoms with E-state index in [0.29, 0.717) is 34.9 Å². The van der Waals surface area contributed by atoms with Crippen LogP contribution in [0, 0.1) is 11.6 Å². The van der Waals surface area contributed by atoms with Gasteiger partial charge in [-0.3, -0.25) is 9.80 Å². The van der Waals surface area contributed by atoms with E-state index in [-0.39, 0.29) is 35.5 Å². The van der Waals surface area contributed by atoms with Crippen LogP contribution in [0.4, 0.5) is 41.2 Å². The molecule has 2 aromatic carbocycles. The van der Waals surface area contributed by atoms with E-state index in [1.165, 1.54) is 17.2 Å². The predicted molar refractivity (Wildman–Crippen MR) is 138 cm³/mol. The number of benzene rings is 2. The van der Waals surface area contributed by atoms with Gasteiger partial charge in [0.05, 0.1) is 16.8 Å². The van der Waals surface area contributed by atoms with Gasteiger partial charge < -0.3 is 15.3 Å². The standard InChI is InChI=1S/C25H21Cl2F2N5O3/c1-2-33-23-18(7-14(27)11-30-23)17-4-3-13(26)8-21(17)34(25(33)37)22-19(28)9-16(10-20(22)29)32-6-5-15(12-32)31-24(35)36/h3-4,7-11,15,31H,2,5-6,12H2,1H3,(H,35,36)/t15-/m1/s1. The first-order valence-corrected chi connectivity index (χ1v) is 12.2. The molecule has 0 saturated carbocycles. The third-order valence-electron chi connectivity index (χ3n) is 6.42. The third-order valence-corrected chi connectivity index (χ3v) is 6.87. The Morgan fingerprint density at radius 1 is 1.14 bits per heavy atom. The van der Waals surface area contributed by atoms with Crippen molar-refractivity contribution in [1.29, 1.82) is 0 Å². The molecule has 0 spiro atoms. The zero-order valence-electron chi connectivity index (χ0n) is 19.5. The molecule has 2 N–H and O–H groups in total. The van der Waals surface area contributed by atoms with Crippen LogP contribution in [-0.2, 0) is 0 Å². The van der Waals surface area contributed by atoms with Gasteiger partial charge in [0.25, 0.3) is 0 Å². The van der Waals surface area contributed by atoms with Crippen molar-refractivity contribution in [3.05, 3.63) is 64.3 Å². The van der Waals surface area contributed by atoms with Crippen molar-refractivity contribution in [1.82, 2.24) is 10.3 Å². The molecule has 1 fully saturated rings. The Kier molecular flexibility index (Phi) is 6.55. The molecule has 3 aromatic rings. The average Bonchev–Trinajstić information content (AvgIpc) is 3.27. The largest absolute Gasteiger partial charge is 0.465 e. The molecule has 1 aromatic heterocycles. The summed E-state index contributed by atoms with van der Waals surface area (Å²) in [5, 5.41) is 11.9. The summed E-state index contributed by atoms with van der Waals surface area (Å²) in [6, 6.07) is 7.58. The van der Waals surface area contributed by atoms with Crippen molar-refractivity contribution in [3.63, 3.8) is 0 Å². The highest BCUT2D eigenvalue weighted by Gasteiger charge is 2.37. The Hall–Kier alpha value is -3.63. The maximum absolute atomic E-state index is 15.7. The molecule has 37 heavy (non-hydrogen) atoms. The monoisotopic (exact) mass is 547 g/mol. The number of nitrogens with one attached hydrogen (secondary N) is 1. The van der Waals surface area contributed by atoms with Crippen molar-refractivity contribution < 1.29 is 23.5 Å². The summed E-state index contributed by atoms with van der Waals surface area (Å²) in [4.78, 5) is 33.1. The number of carboxylic acid groups (broad SMARTS) is 1. The Labute approximate surface area is 221 Å². The van der Waals surface area contributed by atoms with Crippen LogP contribution in [0.15, 0.2) is 42.6 Å². The molecule has 8 nitrogen and oxygen atoms in total. The molecule has 12 heteroatoms. The number of anilines is 4. The number of hydrogen-bond donors (Lipinski definition) is 2. The Morgan fingerprint density at radius 2 is 1.86 bits per heavy atom. The van der Waals surface area contributed by atoms with E-state index in [1.807, 2.05) is 0 Å². The van der Waals surface area contributed by atoms with E-state index in [9.17, 15) is 9.59 Å². The lowest BCUT2D eigenvalue weighted by Gasteiger charge is -2.29. The second-order valence-electron chi connectivity index (χ2n) is 8.69. The van der Waals surface area contributed by atoms with Crippen molar-refractivity contribution in [3.8, 4) is 11.1 Å². The summed E-state index contributed by atoms with van der Waals surface area (Å²) in [5.74, 6) is -1.62. The Morgan fingerprint density at radius 3 is 2.54 bits per heavy atom. The smallest absolute Gasteiger partial charge is 0.404 e. The molecule has 0 radical (unpaired) electrons. The van der Waals surface area contributed by atoms with Crippen LogP contribution in [0.3, 0.4) is 0 Å². The number of carbonyl (C=O) groups is 2. The fourth-order valence-electron chi connectivity index (χ4n) is 4.81. The molecular formula is C25H21Cl2F2N5O3. The molecule has 0 unspecified atom stereocenters. The van der Waals surface area contributed by atoms with E-state index in [1.54, 1.807) is 30.0 Å². The highest BCUT2D eigenvalue weighted by Crippen LogP contribution is 2.46. The normalized spacial score (nSPS) is 16.9. The van der Waals surface area contributed by atoms with Crippen LogP contribution in [0.1, 0.15) is 13.3 Å². The summed E-state index contributed by atoms with van der Waals surface area (Å²) in [5.41, 5.74) is 0.850. The van der Waals surface area contributed by atoms with Gasteiger partial charge in [0.15, 0.2) is 11.6 Å². The summed E-state index contributed by atoms with van der Waals surface area (Å²) in [6.07, 6.45) is 0.737. The van der Waals surface area contributed by atoms with E-state index in [4.69, 9.17) is 28.3 Å². The highest BCUT2D eigenvalue weighted by atomic mass is 35.5. The molecule has 192 valence electrons. The van der Waals surface area contributed by atoms with Crippen molar-refractivity contribution in [2.45, 2.75) is 19.4 Å². The van der Waals surface area contributed by atoms with Crippen LogP contribution in [0.2, 0.25) is 10.0 Å². The van der Waals surface area contributed by atoms with Gasteiger partial charge in [-0.05, 0) is 43.7 Å². The van der Waals surface area contributed by atoms with Crippen LogP contribution < -0.4 is 20.0 Å². The predicted octanol–water partition coefficient (Wildman–Crippen LogP) is 6.28. The van der Waals surface area contributed by atoms with Crippen molar-refractivity contribution >= 4 is 58.2 Å². The minimum atomic E-state index is -1.16. The number of fused-ring (bicyclic) bond motifs is 3. The summed E-state index contributed by atoms with van der Waals surface area (Å²) < 4.78 is 31.4. The lowest BCUT2D eigenvalue weighted by molar-refractivity contribution is 0.191. The first-order valence-electron chi connectivity index (χ1n) is 11.5. The average molecular weight is 548 g/mol. The van der Waals surface area contributed by atoms with E-state index >= 15 is 8.78 Å². The lowest BCUT2D eigenvalue weighted by atomic mass is 10.0. The highest BCUT2D eigenvalue weighted by molar-refractivity contribution is 6.32. The fraction of sp³-hybridized carbons (Fsp3) is 0.240. The third kappa shape index (κ3) is 4.51. The van der Waals surface area contributed by atoms with Gasteiger partial charge in [-0.2, -0.15) is 0 Å². The fourth-order valence-corrected chi connectivity index (χ4v) is 5.14. The number of urea groups is 1. The van der Waals surface area contributed by atoms with Gasteiger partial charge in [0.1, 0.15) is 11.5 Å². The van der Waals surface area contributed by atoms with Gasteiger partial charge in [0.2, 0.25) is 0 Å². The number of hydrogen-bond acceptors (Lipinski definition) is 4. The zero-order chi connectivity index (χ0) is 26.4. The zero-order valence-corrected chi connectivity index (χ0v) is 21.0. The van der Waals surface area contributed by atoms with Gasteiger partial charge in [-0.1, -0.05) is 29.3 Å². The SMILES string of the molecule is CCN1C(=O)N(c2c(F)cc(N3CC[C@@H](NC(=O)O)C3)cc2F)c2cc(Cl)ccc2-c2cc(Cl)cnc21. The van der Waals surface area contributed by atoms with Crippen LogP contribution >= 0.6 is 23.2 Å². The van der Waals surface area contributed by atoms with E-state index in [2.05, 4.69) is 10.3 Å². The number of nitrogens with zero attached hydrogens (tertiary/aromatic N) is 4. The number of halogens is 4. The minimum Gasteiger partial charge on any atom is -0.465 e. The maximum Gasteiger partial charge on any atom is 0.404 e. The Balaban J connectivity index is 1.63. The van der Waals surface area contributed by atoms with Crippen LogP contribution in [0.25, 0.3) is 11.1 Å². The first-order chi connectivity index (χ1) is 17.7. The molecule has 2 aliphatic heterocycles. The lowest BCUT2D eigenvalue weighted by Crippen LogP contribution is -2.41. The molecule has 1 saturated heterocycles. The van der Waals surface area contributed by atoms with Gasteiger partial charge in [-0.15, -0.1) is 0 Å². The van der Waals surface area contributed by atoms with E-state index < -0.39 is 29.4 Å². The number of aromatic nitrogens is 1. The first kappa shape index (κ1) is 25.0. The van der Waals surface area contributed by atoms with Gasteiger partial charge in [-0.25, -0.2) is 23.4 Å². The second-order valence-corrected chi connectivity index (χ2v) is 9.56. The quantitative estimate of drug-likeness (QED) is 0.401. The molecule has 0 aliphatic carbocycles. The van der Waals surface area contributed by atoms with Crippen LogP contribution in [-0.4, -0.2) is 47.9 Å². The molecular weight excluding hydrogens is 527 g/mol. The molecule has 3 amide bonds. The number of pyridine rings is 1.